The maximum Gasteiger partial charge on any atom is 0.266 e. The molecule has 8 nitrogen and oxygen atoms in total. The number of nitrogens with zero attached hydrogens (tertiary/aromatic N) is 5. The van der Waals surface area contributed by atoms with E-state index in [1.807, 2.05) is 42.5 Å². The lowest BCUT2D eigenvalue weighted by molar-refractivity contribution is 0.289. The van der Waals surface area contributed by atoms with Crippen molar-refractivity contribution in [3.63, 3.8) is 0 Å². The van der Waals surface area contributed by atoms with Crippen molar-refractivity contribution >= 4 is 11.6 Å². The van der Waals surface area contributed by atoms with Crippen LogP contribution in [0.5, 0.6) is 11.5 Å². The number of hydrogen-bond acceptors (Lipinski definition) is 8. The van der Waals surface area contributed by atoms with E-state index in [4.69, 9.17) is 9.47 Å². The monoisotopic (exact) mass is 394 g/mol. The number of rotatable bonds is 9. The minimum Gasteiger partial charge on any atom is -0.497 e. The standard InChI is InChI=1S/C21H26N6O2/c1-5-27(6-2)14-16-13-17(9-12-19(16)29-4)22-21-25-23-20(24-26-21)15-7-10-18(28-3)11-8-15/h7-13H,5-6,14H2,1-4H3,(H,22,25,26). The Labute approximate surface area is 170 Å². The van der Waals surface area contributed by atoms with E-state index in [9.17, 15) is 0 Å². The second kappa shape index (κ2) is 9.79. The van der Waals surface area contributed by atoms with E-state index in [0.717, 1.165) is 47.9 Å². The van der Waals surface area contributed by atoms with E-state index in [1.165, 1.54) is 0 Å². The fourth-order valence-corrected chi connectivity index (χ4v) is 2.93. The molecule has 0 saturated heterocycles. The molecule has 0 aliphatic heterocycles. The SMILES string of the molecule is CCN(CC)Cc1cc(Nc2nnc(-c3ccc(OC)cc3)nn2)ccc1OC. The first kappa shape index (κ1) is 20.5. The molecule has 0 aliphatic carbocycles. The maximum atomic E-state index is 5.50. The Hall–Kier alpha value is -3.26. The molecule has 0 radical (unpaired) electrons. The molecule has 2 aromatic carbocycles. The molecular weight excluding hydrogens is 368 g/mol. The molecule has 0 spiro atoms. The predicted molar refractivity (Wildman–Crippen MR) is 113 cm³/mol. The number of nitrogens with one attached hydrogen (secondary N) is 1. The molecule has 8 heteroatoms. The molecule has 3 aromatic rings. The van der Waals surface area contributed by atoms with Gasteiger partial charge in [-0.3, -0.25) is 4.90 Å². The molecule has 0 bridgehead atoms. The van der Waals surface area contributed by atoms with Gasteiger partial charge >= 0.3 is 0 Å². The number of anilines is 2. The first-order valence-electron chi connectivity index (χ1n) is 9.55. The molecule has 0 aliphatic rings. The highest BCUT2D eigenvalue weighted by Gasteiger charge is 2.10. The Kier molecular flexibility index (Phi) is 6.91. The largest absolute Gasteiger partial charge is 0.497 e. The molecule has 1 N–H and O–H groups in total. The van der Waals surface area contributed by atoms with Gasteiger partial charge in [0.1, 0.15) is 11.5 Å². The van der Waals surface area contributed by atoms with E-state index in [1.54, 1.807) is 14.2 Å². The third-order valence-electron chi connectivity index (χ3n) is 4.65. The van der Waals surface area contributed by atoms with Crippen LogP contribution in [0.4, 0.5) is 11.6 Å². The van der Waals surface area contributed by atoms with Crippen molar-refractivity contribution < 1.29 is 9.47 Å². The number of hydrogen-bond donors (Lipinski definition) is 1. The second-order valence-corrected chi connectivity index (χ2v) is 6.39. The third kappa shape index (κ3) is 5.17. The Bertz CT molecular complexity index is 911. The Morgan fingerprint density at radius 2 is 1.55 bits per heavy atom. The van der Waals surface area contributed by atoms with Crippen LogP contribution >= 0.6 is 0 Å². The molecule has 0 atom stereocenters. The van der Waals surface area contributed by atoms with E-state index in [0.29, 0.717) is 11.8 Å². The topological polar surface area (TPSA) is 85.3 Å². The van der Waals surface area contributed by atoms with Crippen LogP contribution in [0.15, 0.2) is 42.5 Å². The van der Waals surface area contributed by atoms with Gasteiger partial charge in [0, 0.05) is 23.4 Å². The van der Waals surface area contributed by atoms with Gasteiger partial charge in [0.15, 0.2) is 0 Å². The molecule has 3 rings (SSSR count). The summed E-state index contributed by atoms with van der Waals surface area (Å²) in [4.78, 5) is 2.32. The van der Waals surface area contributed by atoms with Crippen molar-refractivity contribution in [2.75, 3.05) is 32.6 Å². The lowest BCUT2D eigenvalue weighted by atomic mass is 10.1. The van der Waals surface area contributed by atoms with Crippen LogP contribution in [0.2, 0.25) is 0 Å². The van der Waals surface area contributed by atoms with E-state index in [2.05, 4.69) is 44.5 Å². The lowest BCUT2D eigenvalue weighted by Crippen LogP contribution is -2.22. The molecule has 0 unspecified atom stereocenters. The summed E-state index contributed by atoms with van der Waals surface area (Å²) in [5.41, 5.74) is 2.77. The third-order valence-corrected chi connectivity index (χ3v) is 4.65. The molecule has 29 heavy (non-hydrogen) atoms. The summed E-state index contributed by atoms with van der Waals surface area (Å²) in [5.74, 6) is 2.42. The Morgan fingerprint density at radius 1 is 0.862 bits per heavy atom. The van der Waals surface area contributed by atoms with Crippen LogP contribution < -0.4 is 14.8 Å². The van der Waals surface area contributed by atoms with Crippen molar-refractivity contribution in [1.29, 1.82) is 0 Å². The van der Waals surface area contributed by atoms with Gasteiger partial charge < -0.3 is 14.8 Å². The summed E-state index contributed by atoms with van der Waals surface area (Å²) >= 11 is 0. The Morgan fingerprint density at radius 3 is 2.14 bits per heavy atom. The molecule has 152 valence electrons. The van der Waals surface area contributed by atoms with Gasteiger partial charge in [-0.2, -0.15) is 0 Å². The smallest absolute Gasteiger partial charge is 0.266 e. The summed E-state index contributed by atoms with van der Waals surface area (Å²) in [7, 11) is 3.31. The van der Waals surface area contributed by atoms with Gasteiger partial charge in [0.25, 0.3) is 5.95 Å². The first-order chi connectivity index (χ1) is 14.2. The average Bonchev–Trinajstić information content (AvgIpc) is 2.78. The summed E-state index contributed by atoms with van der Waals surface area (Å²) < 4.78 is 10.7. The number of methoxy groups -OCH3 is 2. The van der Waals surface area contributed by atoms with Crippen molar-refractivity contribution in [1.82, 2.24) is 25.3 Å². The van der Waals surface area contributed by atoms with Crippen LogP contribution in [0, 0.1) is 0 Å². The fourth-order valence-electron chi connectivity index (χ4n) is 2.93. The van der Waals surface area contributed by atoms with Gasteiger partial charge in [-0.05, 0) is 55.6 Å². The van der Waals surface area contributed by atoms with Crippen molar-refractivity contribution in [3.8, 4) is 22.9 Å². The normalized spacial score (nSPS) is 10.8. The van der Waals surface area contributed by atoms with E-state index < -0.39 is 0 Å². The molecule has 1 heterocycles. The van der Waals surface area contributed by atoms with Gasteiger partial charge in [-0.15, -0.1) is 20.4 Å². The fraction of sp³-hybridized carbons (Fsp3) is 0.333. The average molecular weight is 394 g/mol. The number of ether oxygens (including phenoxy) is 2. The van der Waals surface area contributed by atoms with Gasteiger partial charge in [0.2, 0.25) is 5.82 Å². The van der Waals surface area contributed by atoms with Crippen LogP contribution in [-0.4, -0.2) is 52.6 Å². The number of benzene rings is 2. The highest BCUT2D eigenvalue weighted by atomic mass is 16.5. The molecule has 0 saturated carbocycles. The van der Waals surface area contributed by atoms with E-state index >= 15 is 0 Å². The predicted octanol–water partition coefficient (Wildman–Crippen LogP) is 3.54. The second-order valence-electron chi connectivity index (χ2n) is 6.39. The summed E-state index contributed by atoms with van der Waals surface area (Å²) in [6.07, 6.45) is 0. The minimum atomic E-state index is 0.334. The zero-order chi connectivity index (χ0) is 20.6. The van der Waals surface area contributed by atoms with E-state index in [-0.39, 0.29) is 0 Å². The van der Waals surface area contributed by atoms with Gasteiger partial charge in [-0.25, -0.2) is 0 Å². The Balaban J connectivity index is 1.75. The van der Waals surface area contributed by atoms with Crippen LogP contribution in [0.3, 0.4) is 0 Å². The van der Waals surface area contributed by atoms with Crippen molar-refractivity contribution in [3.05, 3.63) is 48.0 Å². The van der Waals surface area contributed by atoms with Gasteiger partial charge in [-0.1, -0.05) is 13.8 Å². The molecule has 0 fully saturated rings. The van der Waals surface area contributed by atoms with Gasteiger partial charge in [0.05, 0.1) is 14.2 Å². The quantitative estimate of drug-likeness (QED) is 0.590. The van der Waals surface area contributed by atoms with Crippen LogP contribution in [0.1, 0.15) is 19.4 Å². The molecule has 0 amide bonds. The van der Waals surface area contributed by atoms with Crippen LogP contribution in [-0.2, 0) is 6.54 Å². The van der Waals surface area contributed by atoms with Crippen molar-refractivity contribution in [2.24, 2.45) is 0 Å². The maximum absolute atomic E-state index is 5.50. The van der Waals surface area contributed by atoms with Crippen molar-refractivity contribution in [2.45, 2.75) is 20.4 Å². The molecular formula is C21H26N6O2. The molecule has 1 aromatic heterocycles. The summed E-state index contributed by atoms with van der Waals surface area (Å²) in [5, 5.41) is 19.8. The zero-order valence-corrected chi connectivity index (χ0v) is 17.2. The minimum absolute atomic E-state index is 0.334. The zero-order valence-electron chi connectivity index (χ0n) is 17.2. The van der Waals surface area contributed by atoms with Crippen LogP contribution in [0.25, 0.3) is 11.4 Å². The summed E-state index contributed by atoms with van der Waals surface area (Å²) in [6.45, 7) is 7.04. The first-order valence-corrected chi connectivity index (χ1v) is 9.55. The lowest BCUT2D eigenvalue weighted by Gasteiger charge is -2.20. The summed E-state index contributed by atoms with van der Waals surface area (Å²) in [6, 6.07) is 13.3. The highest BCUT2D eigenvalue weighted by molar-refractivity contribution is 5.58. The highest BCUT2D eigenvalue weighted by Crippen LogP contribution is 2.25. The number of aromatic nitrogens is 4.